The van der Waals surface area contributed by atoms with Crippen LogP contribution in [0.5, 0.6) is 0 Å². The smallest absolute Gasteiger partial charge is 0.0178 e. The lowest BCUT2D eigenvalue weighted by Gasteiger charge is -2.05. The summed E-state index contributed by atoms with van der Waals surface area (Å²) in [7, 11) is 0. The molecule has 0 amide bonds. The van der Waals surface area contributed by atoms with Gasteiger partial charge in [-0.3, -0.25) is 0 Å². The van der Waals surface area contributed by atoms with Crippen molar-refractivity contribution in [1.29, 1.82) is 0 Å². The standard InChI is InChI=1S/C12H13Br/c1-4-5-9(2)12-7-6-11(13)8-10(12)3/h4-8H,2H2,1,3H3/b5-4-. The second kappa shape index (κ2) is 4.43. The van der Waals surface area contributed by atoms with E-state index >= 15 is 0 Å². The summed E-state index contributed by atoms with van der Waals surface area (Å²) in [5.41, 5.74) is 3.52. The normalized spacial score (nSPS) is 10.7. The summed E-state index contributed by atoms with van der Waals surface area (Å²) >= 11 is 3.44. The van der Waals surface area contributed by atoms with Crippen LogP contribution in [0.4, 0.5) is 0 Å². The molecule has 0 radical (unpaired) electrons. The topological polar surface area (TPSA) is 0 Å². The number of hydrogen-bond donors (Lipinski definition) is 0. The van der Waals surface area contributed by atoms with Crippen LogP contribution in [-0.4, -0.2) is 0 Å². The van der Waals surface area contributed by atoms with Crippen LogP contribution in [0, 0.1) is 6.92 Å². The Morgan fingerprint density at radius 3 is 2.69 bits per heavy atom. The first-order valence-electron chi connectivity index (χ1n) is 4.23. The molecule has 0 saturated heterocycles. The third-order valence-electron chi connectivity index (χ3n) is 1.90. The summed E-state index contributed by atoms with van der Waals surface area (Å²) in [4.78, 5) is 0. The fourth-order valence-corrected chi connectivity index (χ4v) is 1.75. The van der Waals surface area contributed by atoms with Gasteiger partial charge in [-0.2, -0.15) is 0 Å². The lowest BCUT2D eigenvalue weighted by Crippen LogP contribution is -1.84. The van der Waals surface area contributed by atoms with E-state index < -0.39 is 0 Å². The number of hydrogen-bond acceptors (Lipinski definition) is 0. The molecule has 0 aromatic heterocycles. The van der Waals surface area contributed by atoms with Gasteiger partial charge in [0.1, 0.15) is 0 Å². The monoisotopic (exact) mass is 236 g/mol. The van der Waals surface area contributed by atoms with Crippen LogP contribution < -0.4 is 0 Å². The molecule has 68 valence electrons. The molecule has 13 heavy (non-hydrogen) atoms. The maximum Gasteiger partial charge on any atom is 0.0178 e. The van der Waals surface area contributed by atoms with Crippen molar-refractivity contribution >= 4 is 21.5 Å². The molecule has 0 aliphatic carbocycles. The highest BCUT2D eigenvalue weighted by Gasteiger charge is 1.99. The zero-order valence-corrected chi connectivity index (χ0v) is 9.56. The predicted molar refractivity (Wildman–Crippen MR) is 62.7 cm³/mol. The van der Waals surface area contributed by atoms with Crippen LogP contribution in [0.2, 0.25) is 0 Å². The fraction of sp³-hybridized carbons (Fsp3) is 0.167. The van der Waals surface area contributed by atoms with Gasteiger partial charge in [-0.25, -0.2) is 0 Å². The van der Waals surface area contributed by atoms with Crippen LogP contribution in [0.1, 0.15) is 18.1 Å². The second-order valence-electron chi connectivity index (χ2n) is 2.98. The number of aryl methyl sites for hydroxylation is 1. The van der Waals surface area contributed by atoms with E-state index in [0.29, 0.717) is 0 Å². The number of benzene rings is 1. The fourth-order valence-electron chi connectivity index (χ4n) is 1.28. The van der Waals surface area contributed by atoms with E-state index in [4.69, 9.17) is 0 Å². The van der Waals surface area contributed by atoms with E-state index in [2.05, 4.69) is 41.6 Å². The van der Waals surface area contributed by atoms with Crippen molar-refractivity contribution in [2.75, 3.05) is 0 Å². The van der Waals surface area contributed by atoms with Gasteiger partial charge >= 0.3 is 0 Å². The Balaban J connectivity index is 3.09. The van der Waals surface area contributed by atoms with Crippen molar-refractivity contribution < 1.29 is 0 Å². The Bertz CT molecular complexity index is 348. The summed E-state index contributed by atoms with van der Waals surface area (Å²) in [6, 6.07) is 6.22. The zero-order chi connectivity index (χ0) is 9.84. The van der Waals surface area contributed by atoms with E-state index in [-0.39, 0.29) is 0 Å². The average molecular weight is 237 g/mol. The molecule has 0 heterocycles. The number of halogens is 1. The minimum absolute atomic E-state index is 1.06. The van der Waals surface area contributed by atoms with E-state index in [1.165, 1.54) is 11.1 Å². The largest absolute Gasteiger partial charge is 0.0912 e. The molecule has 0 N–H and O–H groups in total. The summed E-state index contributed by atoms with van der Waals surface area (Å²) in [5.74, 6) is 0. The molecule has 0 fully saturated rings. The summed E-state index contributed by atoms with van der Waals surface area (Å²) in [5, 5.41) is 0. The van der Waals surface area contributed by atoms with Crippen molar-refractivity contribution in [2.45, 2.75) is 13.8 Å². The van der Waals surface area contributed by atoms with Crippen LogP contribution in [-0.2, 0) is 0 Å². The van der Waals surface area contributed by atoms with Gasteiger partial charge in [0.25, 0.3) is 0 Å². The molecule has 0 unspecified atom stereocenters. The summed E-state index contributed by atoms with van der Waals surface area (Å²) in [6.07, 6.45) is 4.03. The number of allylic oxidation sites excluding steroid dienone is 3. The third-order valence-corrected chi connectivity index (χ3v) is 2.40. The van der Waals surface area contributed by atoms with Crippen molar-refractivity contribution in [1.82, 2.24) is 0 Å². The van der Waals surface area contributed by atoms with E-state index in [1.807, 2.05) is 25.1 Å². The van der Waals surface area contributed by atoms with Crippen LogP contribution in [0.15, 0.2) is 41.4 Å². The van der Waals surface area contributed by atoms with Gasteiger partial charge in [0.2, 0.25) is 0 Å². The molecule has 0 aliphatic heterocycles. The minimum Gasteiger partial charge on any atom is -0.0912 e. The molecule has 0 aliphatic rings. The summed E-state index contributed by atoms with van der Waals surface area (Å²) < 4.78 is 1.11. The van der Waals surface area contributed by atoms with Crippen molar-refractivity contribution in [3.8, 4) is 0 Å². The first kappa shape index (κ1) is 10.3. The Kier molecular flexibility index (Phi) is 3.49. The highest BCUT2D eigenvalue weighted by atomic mass is 79.9. The van der Waals surface area contributed by atoms with Gasteiger partial charge in [0.15, 0.2) is 0 Å². The Morgan fingerprint density at radius 1 is 1.46 bits per heavy atom. The second-order valence-corrected chi connectivity index (χ2v) is 3.90. The molecule has 0 spiro atoms. The van der Waals surface area contributed by atoms with Crippen molar-refractivity contribution in [2.24, 2.45) is 0 Å². The van der Waals surface area contributed by atoms with Crippen molar-refractivity contribution in [3.63, 3.8) is 0 Å². The van der Waals surface area contributed by atoms with Crippen LogP contribution in [0.25, 0.3) is 5.57 Å². The maximum absolute atomic E-state index is 4.00. The van der Waals surface area contributed by atoms with Gasteiger partial charge in [-0.15, -0.1) is 0 Å². The van der Waals surface area contributed by atoms with Gasteiger partial charge < -0.3 is 0 Å². The van der Waals surface area contributed by atoms with Crippen LogP contribution >= 0.6 is 15.9 Å². The highest BCUT2D eigenvalue weighted by Crippen LogP contribution is 2.22. The molecule has 1 aromatic rings. The molecule has 1 heteroatoms. The first-order valence-corrected chi connectivity index (χ1v) is 5.02. The van der Waals surface area contributed by atoms with Gasteiger partial charge in [0.05, 0.1) is 0 Å². The Labute approximate surface area is 88.1 Å². The molecule has 0 saturated carbocycles. The third kappa shape index (κ3) is 2.56. The Hall–Kier alpha value is -0.820. The van der Waals surface area contributed by atoms with Gasteiger partial charge in [-0.1, -0.05) is 40.7 Å². The quantitative estimate of drug-likeness (QED) is 0.671. The lowest BCUT2D eigenvalue weighted by atomic mass is 10.0. The molecule has 0 nitrogen and oxygen atoms in total. The van der Waals surface area contributed by atoms with Gasteiger partial charge in [0, 0.05) is 4.47 Å². The molecular formula is C12H13Br. The lowest BCUT2D eigenvalue weighted by molar-refractivity contribution is 1.41. The molecule has 0 atom stereocenters. The van der Waals surface area contributed by atoms with E-state index in [9.17, 15) is 0 Å². The SMILES string of the molecule is C=C(/C=C\C)c1ccc(Br)cc1C. The van der Waals surface area contributed by atoms with Crippen molar-refractivity contribution in [3.05, 3.63) is 52.5 Å². The molecule has 0 bridgehead atoms. The predicted octanol–water partition coefficient (Wildman–Crippen LogP) is 4.35. The maximum atomic E-state index is 4.00. The van der Waals surface area contributed by atoms with Gasteiger partial charge in [-0.05, 0) is 42.7 Å². The highest BCUT2D eigenvalue weighted by molar-refractivity contribution is 9.10. The van der Waals surface area contributed by atoms with E-state index in [0.717, 1.165) is 10.0 Å². The first-order chi connectivity index (χ1) is 6.15. The van der Waals surface area contributed by atoms with Crippen LogP contribution in [0.3, 0.4) is 0 Å². The van der Waals surface area contributed by atoms with E-state index in [1.54, 1.807) is 0 Å². The molecular weight excluding hydrogens is 224 g/mol. The molecule has 1 aromatic carbocycles. The Morgan fingerprint density at radius 2 is 2.15 bits per heavy atom. The summed E-state index contributed by atoms with van der Waals surface area (Å²) in [6.45, 7) is 8.09. The molecule has 1 rings (SSSR count). The number of rotatable bonds is 2. The average Bonchev–Trinajstić information content (AvgIpc) is 2.04. The minimum atomic E-state index is 1.06. The zero-order valence-electron chi connectivity index (χ0n) is 7.97.